The molecular formula is C17H19ClF3N3O. The van der Waals surface area contributed by atoms with Crippen molar-refractivity contribution in [2.24, 2.45) is 0 Å². The van der Waals surface area contributed by atoms with Crippen LogP contribution in [0.2, 0.25) is 0 Å². The predicted octanol–water partition coefficient (Wildman–Crippen LogP) is 3.09. The topological polar surface area (TPSA) is 56.1 Å². The van der Waals surface area contributed by atoms with E-state index in [1.807, 2.05) is 0 Å². The molecule has 0 aliphatic carbocycles. The lowest BCUT2D eigenvalue weighted by molar-refractivity contribution is -0.137. The Balaban J connectivity index is 0.00000225. The van der Waals surface area contributed by atoms with E-state index in [2.05, 4.69) is 11.4 Å². The Kier molecular flexibility index (Phi) is 5.96. The van der Waals surface area contributed by atoms with Crippen molar-refractivity contribution in [1.29, 1.82) is 5.26 Å². The van der Waals surface area contributed by atoms with Gasteiger partial charge in [0.05, 0.1) is 17.7 Å². The predicted molar refractivity (Wildman–Crippen MR) is 88.2 cm³/mol. The van der Waals surface area contributed by atoms with Gasteiger partial charge in [0.2, 0.25) is 5.91 Å². The van der Waals surface area contributed by atoms with Gasteiger partial charge in [0, 0.05) is 13.1 Å². The lowest BCUT2D eigenvalue weighted by Crippen LogP contribution is -2.45. The van der Waals surface area contributed by atoms with Crippen molar-refractivity contribution < 1.29 is 18.0 Å². The third-order valence-electron chi connectivity index (χ3n) is 4.82. The van der Waals surface area contributed by atoms with Crippen molar-refractivity contribution in [3.63, 3.8) is 0 Å². The Morgan fingerprint density at radius 1 is 1.28 bits per heavy atom. The Hall–Kier alpha value is -1.78. The second kappa shape index (κ2) is 7.63. The zero-order valence-electron chi connectivity index (χ0n) is 13.4. The van der Waals surface area contributed by atoms with Crippen molar-refractivity contribution in [2.75, 3.05) is 13.1 Å². The van der Waals surface area contributed by atoms with E-state index in [0.717, 1.165) is 24.1 Å². The molecule has 2 aliphatic heterocycles. The highest BCUT2D eigenvalue weighted by atomic mass is 35.5. The Bertz CT molecular complexity index is 657. The second-order valence-corrected chi connectivity index (χ2v) is 6.33. The van der Waals surface area contributed by atoms with Gasteiger partial charge in [-0.2, -0.15) is 18.4 Å². The molecule has 2 heterocycles. The summed E-state index contributed by atoms with van der Waals surface area (Å²) in [5.41, 5.74) is 0.128. The molecule has 136 valence electrons. The van der Waals surface area contributed by atoms with E-state index in [1.54, 1.807) is 4.90 Å². The van der Waals surface area contributed by atoms with E-state index < -0.39 is 11.7 Å². The van der Waals surface area contributed by atoms with Gasteiger partial charge < -0.3 is 10.2 Å². The van der Waals surface area contributed by atoms with Crippen LogP contribution in [0.4, 0.5) is 13.2 Å². The molecule has 3 rings (SSSR count). The van der Waals surface area contributed by atoms with E-state index in [1.165, 1.54) is 12.1 Å². The summed E-state index contributed by atoms with van der Waals surface area (Å²) < 4.78 is 37.9. The highest BCUT2D eigenvalue weighted by Crippen LogP contribution is 2.32. The Labute approximate surface area is 150 Å². The van der Waals surface area contributed by atoms with Gasteiger partial charge in [-0.15, -0.1) is 12.4 Å². The van der Waals surface area contributed by atoms with Crippen molar-refractivity contribution in [3.05, 3.63) is 35.4 Å². The number of amides is 1. The normalized spacial score (nSPS) is 26.2. The molecule has 2 aliphatic rings. The van der Waals surface area contributed by atoms with Gasteiger partial charge in [0.25, 0.3) is 0 Å². The van der Waals surface area contributed by atoms with Crippen LogP contribution in [0.25, 0.3) is 0 Å². The number of likely N-dealkylation sites (tertiary alicyclic amines) is 1. The molecule has 4 nitrogen and oxygen atoms in total. The van der Waals surface area contributed by atoms with Crippen LogP contribution in [0.5, 0.6) is 0 Å². The number of nitrogens with zero attached hydrogens (tertiary/aromatic N) is 2. The summed E-state index contributed by atoms with van der Waals surface area (Å²) in [6, 6.07) is 6.55. The summed E-state index contributed by atoms with van der Waals surface area (Å²) in [6.45, 7) is 1.15. The van der Waals surface area contributed by atoms with E-state index in [0.29, 0.717) is 25.9 Å². The van der Waals surface area contributed by atoms with Gasteiger partial charge in [0.15, 0.2) is 0 Å². The maximum atomic E-state index is 12.6. The van der Waals surface area contributed by atoms with E-state index in [-0.39, 0.29) is 36.3 Å². The molecule has 0 spiro atoms. The van der Waals surface area contributed by atoms with Crippen LogP contribution >= 0.6 is 12.4 Å². The fraction of sp³-hybridized carbons (Fsp3) is 0.529. The fourth-order valence-electron chi connectivity index (χ4n) is 3.49. The van der Waals surface area contributed by atoms with Gasteiger partial charge in [-0.05, 0) is 42.9 Å². The molecule has 1 N–H and O–H groups in total. The van der Waals surface area contributed by atoms with Gasteiger partial charge in [0.1, 0.15) is 6.04 Å². The maximum Gasteiger partial charge on any atom is 0.416 e. The lowest BCUT2D eigenvalue weighted by atomic mass is 9.95. The molecule has 8 heteroatoms. The number of halogens is 4. The largest absolute Gasteiger partial charge is 0.416 e. The van der Waals surface area contributed by atoms with E-state index in [4.69, 9.17) is 5.26 Å². The first-order valence-electron chi connectivity index (χ1n) is 8.01. The number of benzene rings is 1. The minimum absolute atomic E-state index is 0. The first-order valence-corrected chi connectivity index (χ1v) is 8.01. The van der Waals surface area contributed by atoms with Gasteiger partial charge >= 0.3 is 6.18 Å². The highest BCUT2D eigenvalue weighted by Gasteiger charge is 2.37. The van der Waals surface area contributed by atoms with Gasteiger partial charge in [-0.25, -0.2) is 0 Å². The lowest BCUT2D eigenvalue weighted by Gasteiger charge is -2.23. The first-order chi connectivity index (χ1) is 11.4. The van der Waals surface area contributed by atoms with Crippen LogP contribution in [0, 0.1) is 11.3 Å². The van der Waals surface area contributed by atoms with E-state index in [9.17, 15) is 18.0 Å². The second-order valence-electron chi connectivity index (χ2n) is 6.33. The van der Waals surface area contributed by atoms with Gasteiger partial charge in [-0.1, -0.05) is 12.1 Å². The Morgan fingerprint density at radius 2 is 1.96 bits per heavy atom. The fourth-order valence-corrected chi connectivity index (χ4v) is 3.49. The molecule has 1 aromatic rings. The number of nitriles is 1. The number of carbonyl (C=O) groups is 1. The summed E-state index contributed by atoms with van der Waals surface area (Å²) >= 11 is 0. The molecule has 2 fully saturated rings. The number of rotatable bonds is 2. The first kappa shape index (κ1) is 19.5. The molecule has 0 bridgehead atoms. The molecule has 0 unspecified atom stereocenters. The minimum Gasteiger partial charge on any atom is -0.325 e. The molecule has 0 saturated carbocycles. The van der Waals surface area contributed by atoms with Crippen LogP contribution < -0.4 is 5.32 Å². The molecule has 25 heavy (non-hydrogen) atoms. The molecule has 0 radical (unpaired) electrons. The zero-order chi connectivity index (χ0) is 17.3. The van der Waals surface area contributed by atoms with Crippen LogP contribution in [-0.2, 0) is 11.0 Å². The summed E-state index contributed by atoms with van der Waals surface area (Å²) in [6.07, 6.45) is -2.26. The van der Waals surface area contributed by atoms with Crippen LogP contribution in [0.1, 0.15) is 36.3 Å². The molecular weight excluding hydrogens is 355 g/mol. The standard InChI is InChI=1S/C17H18F3N3O.ClH/c18-17(19,20)13-5-3-11(4-6-13)12-8-15(22-10-12)16(24)23-7-1-2-14(23)9-21;/h3-6,12,14-15,22H,1-2,7-8,10H2;1H/t12-,14-,15-;/m0./s1. The molecule has 2 saturated heterocycles. The number of hydrogen-bond acceptors (Lipinski definition) is 3. The highest BCUT2D eigenvalue weighted by molar-refractivity contribution is 5.85. The SMILES string of the molecule is Cl.N#C[C@@H]1CCCN1C(=O)[C@@H]1C[C@H](c2ccc(C(F)(F)F)cc2)CN1. The smallest absolute Gasteiger partial charge is 0.325 e. The average Bonchev–Trinajstić information content (AvgIpc) is 3.22. The third kappa shape index (κ3) is 4.07. The molecule has 1 amide bonds. The third-order valence-corrected chi connectivity index (χ3v) is 4.82. The monoisotopic (exact) mass is 373 g/mol. The maximum absolute atomic E-state index is 12.6. The van der Waals surface area contributed by atoms with Crippen molar-refractivity contribution >= 4 is 18.3 Å². The zero-order valence-corrected chi connectivity index (χ0v) is 14.2. The van der Waals surface area contributed by atoms with Crippen LogP contribution in [0.15, 0.2) is 24.3 Å². The number of hydrogen-bond donors (Lipinski definition) is 1. The van der Waals surface area contributed by atoms with Crippen molar-refractivity contribution in [3.8, 4) is 6.07 Å². The number of carbonyl (C=O) groups excluding carboxylic acids is 1. The van der Waals surface area contributed by atoms with Gasteiger partial charge in [-0.3, -0.25) is 4.79 Å². The van der Waals surface area contributed by atoms with E-state index >= 15 is 0 Å². The number of nitrogens with one attached hydrogen (secondary N) is 1. The average molecular weight is 374 g/mol. The molecule has 3 atom stereocenters. The van der Waals surface area contributed by atoms with Crippen molar-refractivity contribution in [1.82, 2.24) is 10.2 Å². The summed E-state index contributed by atoms with van der Waals surface area (Å²) in [5.74, 6) is -0.0714. The molecule has 0 aromatic heterocycles. The van der Waals surface area contributed by atoms with Crippen molar-refractivity contribution in [2.45, 2.75) is 43.4 Å². The minimum atomic E-state index is -4.34. The Morgan fingerprint density at radius 3 is 2.56 bits per heavy atom. The van der Waals surface area contributed by atoms with Crippen LogP contribution in [-0.4, -0.2) is 36.0 Å². The number of alkyl halides is 3. The summed E-state index contributed by atoms with van der Waals surface area (Å²) in [4.78, 5) is 14.2. The summed E-state index contributed by atoms with van der Waals surface area (Å²) in [5, 5.41) is 12.2. The quantitative estimate of drug-likeness (QED) is 0.866. The van der Waals surface area contributed by atoms with Crippen LogP contribution in [0.3, 0.4) is 0 Å². The molecule has 1 aromatic carbocycles. The summed E-state index contributed by atoms with van der Waals surface area (Å²) in [7, 11) is 0.